The van der Waals surface area contributed by atoms with E-state index in [9.17, 15) is 14.9 Å². The van der Waals surface area contributed by atoms with Crippen molar-refractivity contribution in [3.63, 3.8) is 0 Å². The first-order chi connectivity index (χ1) is 13.2. The first-order valence-corrected chi connectivity index (χ1v) is 9.32. The fourth-order valence-electron chi connectivity index (χ4n) is 3.23. The molecule has 3 rings (SSSR count). The number of fused-ring (bicyclic) bond motifs is 1. The number of hydrogen-bond donors (Lipinski definition) is 2. The average molecular weight is 365 g/mol. The Balaban J connectivity index is 1.90. The minimum absolute atomic E-state index is 0.0209. The van der Waals surface area contributed by atoms with Gasteiger partial charge in [0.2, 0.25) is 0 Å². The number of benzene rings is 1. The Morgan fingerprint density at radius 2 is 1.93 bits per heavy atom. The second kappa shape index (κ2) is 8.49. The normalized spacial score (nSPS) is 17.0. The number of nitrogens with one attached hydrogen (secondary N) is 2. The number of amides is 3. The molecule has 7 nitrogen and oxygen atoms in total. The lowest BCUT2D eigenvalue weighted by Gasteiger charge is -2.15. The van der Waals surface area contributed by atoms with Gasteiger partial charge in [0.05, 0.1) is 5.70 Å². The molecule has 1 fully saturated rings. The van der Waals surface area contributed by atoms with Crippen molar-refractivity contribution in [2.75, 3.05) is 19.6 Å². The largest absolute Gasteiger partial charge is 0.338 e. The van der Waals surface area contributed by atoms with Gasteiger partial charge in [-0.3, -0.25) is 10.1 Å². The number of nitriles is 1. The molecule has 0 saturated carbocycles. The van der Waals surface area contributed by atoms with Gasteiger partial charge in [0, 0.05) is 30.8 Å². The molecule has 2 N–H and O–H groups in total. The molecule has 140 valence electrons. The quantitative estimate of drug-likeness (QED) is 0.487. The highest BCUT2D eigenvalue weighted by molar-refractivity contribution is 6.18. The number of urea groups is 1. The van der Waals surface area contributed by atoms with Crippen LogP contribution in [0.1, 0.15) is 43.7 Å². The summed E-state index contributed by atoms with van der Waals surface area (Å²) in [5.74, 6) is 0.0637. The number of carbonyl (C=O) groups excluding carboxylic acids is 2. The van der Waals surface area contributed by atoms with Crippen LogP contribution in [0.5, 0.6) is 0 Å². The van der Waals surface area contributed by atoms with Gasteiger partial charge in [-0.2, -0.15) is 5.26 Å². The molecule has 1 saturated heterocycles. The van der Waals surface area contributed by atoms with Gasteiger partial charge in [0.15, 0.2) is 0 Å². The van der Waals surface area contributed by atoms with E-state index >= 15 is 0 Å². The van der Waals surface area contributed by atoms with Crippen molar-refractivity contribution >= 4 is 23.5 Å². The smallest absolute Gasteiger partial charge is 0.320 e. The Kier molecular flexibility index (Phi) is 5.87. The van der Waals surface area contributed by atoms with Crippen molar-refractivity contribution in [2.45, 2.75) is 32.6 Å². The van der Waals surface area contributed by atoms with E-state index in [0.29, 0.717) is 42.3 Å². The third kappa shape index (κ3) is 4.00. The van der Waals surface area contributed by atoms with Crippen LogP contribution in [0, 0.1) is 11.3 Å². The lowest BCUT2D eigenvalue weighted by Crippen LogP contribution is -2.39. The third-order valence-electron chi connectivity index (χ3n) is 4.66. The van der Waals surface area contributed by atoms with E-state index in [1.54, 1.807) is 4.90 Å². The summed E-state index contributed by atoms with van der Waals surface area (Å²) in [7, 11) is 0. The third-order valence-corrected chi connectivity index (χ3v) is 4.66. The van der Waals surface area contributed by atoms with Crippen molar-refractivity contribution in [3.8, 4) is 6.07 Å². The van der Waals surface area contributed by atoms with Gasteiger partial charge in [0.25, 0.3) is 5.91 Å². The Hall–Kier alpha value is -3.14. The van der Waals surface area contributed by atoms with Crippen LogP contribution in [-0.2, 0) is 4.79 Å². The summed E-state index contributed by atoms with van der Waals surface area (Å²) in [6, 6.07) is 8.98. The van der Waals surface area contributed by atoms with Crippen LogP contribution in [0.15, 0.2) is 34.8 Å². The maximum absolute atomic E-state index is 12.8. The molecule has 0 bridgehead atoms. The number of rotatable bonds is 4. The van der Waals surface area contributed by atoms with Crippen LogP contribution < -0.4 is 10.6 Å². The average Bonchev–Trinajstić information content (AvgIpc) is 3.32. The van der Waals surface area contributed by atoms with Crippen molar-refractivity contribution in [1.82, 2.24) is 15.5 Å². The molecular formula is C20H23N5O2. The fourth-order valence-corrected chi connectivity index (χ4v) is 3.23. The lowest BCUT2D eigenvalue weighted by molar-refractivity contribution is -0.125. The first-order valence-electron chi connectivity index (χ1n) is 9.32. The van der Waals surface area contributed by atoms with Crippen molar-refractivity contribution in [3.05, 3.63) is 41.0 Å². The minimum Gasteiger partial charge on any atom is -0.338 e. The summed E-state index contributed by atoms with van der Waals surface area (Å²) in [5, 5.41) is 15.2. The number of aliphatic imine (C=N–C) groups is 1. The highest BCUT2D eigenvalue weighted by Crippen LogP contribution is 2.31. The highest BCUT2D eigenvalue weighted by Gasteiger charge is 2.30. The van der Waals surface area contributed by atoms with Gasteiger partial charge in [-0.25, -0.2) is 9.79 Å². The SMILES string of the molecule is CCCCNC(=O)NC1=N/C(=C(\C#N)C(=O)N2CCCC2)c2ccccc21. The van der Waals surface area contributed by atoms with E-state index in [0.717, 1.165) is 25.7 Å². The molecule has 0 aliphatic carbocycles. The van der Waals surface area contributed by atoms with Crippen molar-refractivity contribution < 1.29 is 9.59 Å². The molecule has 0 aromatic heterocycles. The second-order valence-electron chi connectivity index (χ2n) is 6.58. The van der Waals surface area contributed by atoms with E-state index in [4.69, 9.17) is 0 Å². The van der Waals surface area contributed by atoms with Gasteiger partial charge < -0.3 is 10.2 Å². The molecular weight excluding hydrogens is 342 g/mol. The summed E-state index contributed by atoms with van der Waals surface area (Å²) in [6.07, 6.45) is 3.78. The van der Waals surface area contributed by atoms with Crippen LogP contribution in [-0.4, -0.2) is 42.3 Å². The first kappa shape index (κ1) is 18.6. The summed E-state index contributed by atoms with van der Waals surface area (Å²) >= 11 is 0. The van der Waals surface area contributed by atoms with Crippen LogP contribution in [0.2, 0.25) is 0 Å². The molecule has 2 aliphatic heterocycles. The van der Waals surface area contributed by atoms with Gasteiger partial charge >= 0.3 is 6.03 Å². The molecule has 1 aromatic rings. The van der Waals surface area contributed by atoms with Crippen LogP contribution >= 0.6 is 0 Å². The minimum atomic E-state index is -0.345. The van der Waals surface area contributed by atoms with Gasteiger partial charge in [0.1, 0.15) is 17.5 Å². The Bertz CT molecular complexity index is 844. The van der Waals surface area contributed by atoms with Crippen LogP contribution in [0.3, 0.4) is 0 Å². The highest BCUT2D eigenvalue weighted by atomic mass is 16.2. The number of carbonyl (C=O) groups is 2. The maximum Gasteiger partial charge on any atom is 0.320 e. The molecule has 2 heterocycles. The van der Waals surface area contributed by atoms with E-state index in [1.807, 2.05) is 30.3 Å². The van der Waals surface area contributed by atoms with E-state index in [-0.39, 0.29) is 17.5 Å². The molecule has 27 heavy (non-hydrogen) atoms. The molecule has 0 spiro atoms. The topological polar surface area (TPSA) is 97.6 Å². The molecule has 2 aliphatic rings. The molecule has 0 radical (unpaired) electrons. The number of nitrogens with zero attached hydrogens (tertiary/aromatic N) is 3. The zero-order valence-corrected chi connectivity index (χ0v) is 15.4. The van der Waals surface area contributed by atoms with Gasteiger partial charge in [-0.1, -0.05) is 37.6 Å². The molecule has 7 heteroatoms. The number of hydrogen-bond acceptors (Lipinski definition) is 4. The molecule has 1 aromatic carbocycles. The predicted octanol–water partition coefficient (Wildman–Crippen LogP) is 2.40. The van der Waals surface area contributed by atoms with E-state index in [2.05, 4.69) is 22.5 Å². The standard InChI is InChI=1S/C20H23N5O2/c1-2-3-10-22-20(27)24-18-15-9-5-4-8-14(15)17(23-18)16(13-21)19(26)25-11-6-7-12-25/h4-5,8-9H,2-3,6-7,10-12H2,1H3,(H2,22,23,24,27)/b17-16+. The summed E-state index contributed by atoms with van der Waals surface area (Å²) in [4.78, 5) is 31.0. The Labute approximate surface area is 158 Å². The number of amidine groups is 1. The van der Waals surface area contributed by atoms with Gasteiger partial charge in [-0.15, -0.1) is 0 Å². The van der Waals surface area contributed by atoms with E-state index < -0.39 is 0 Å². The Morgan fingerprint density at radius 3 is 2.59 bits per heavy atom. The van der Waals surface area contributed by atoms with Crippen LogP contribution in [0.4, 0.5) is 4.79 Å². The van der Waals surface area contributed by atoms with Crippen LogP contribution in [0.25, 0.3) is 5.70 Å². The van der Waals surface area contributed by atoms with Gasteiger partial charge in [-0.05, 0) is 19.3 Å². The predicted molar refractivity (Wildman–Crippen MR) is 103 cm³/mol. The fraction of sp³-hybridized carbons (Fsp3) is 0.400. The molecule has 0 unspecified atom stereocenters. The lowest BCUT2D eigenvalue weighted by atomic mass is 10.0. The number of unbranched alkanes of at least 4 members (excludes halogenated alkanes) is 1. The number of likely N-dealkylation sites (tertiary alicyclic amines) is 1. The zero-order valence-electron chi connectivity index (χ0n) is 15.4. The van der Waals surface area contributed by atoms with Crippen molar-refractivity contribution in [2.24, 2.45) is 4.99 Å². The second-order valence-corrected chi connectivity index (χ2v) is 6.58. The van der Waals surface area contributed by atoms with Crippen molar-refractivity contribution in [1.29, 1.82) is 5.26 Å². The Morgan fingerprint density at radius 1 is 1.22 bits per heavy atom. The summed E-state index contributed by atoms with van der Waals surface area (Å²) in [6.45, 7) is 3.95. The monoisotopic (exact) mass is 365 g/mol. The summed E-state index contributed by atoms with van der Waals surface area (Å²) in [5.41, 5.74) is 1.74. The molecule has 0 atom stereocenters. The summed E-state index contributed by atoms with van der Waals surface area (Å²) < 4.78 is 0. The maximum atomic E-state index is 12.8. The zero-order chi connectivity index (χ0) is 19.2. The molecule has 3 amide bonds. The van der Waals surface area contributed by atoms with E-state index in [1.165, 1.54) is 0 Å².